The lowest BCUT2D eigenvalue weighted by Crippen LogP contribution is -2.32. The van der Waals surface area contributed by atoms with Crippen LogP contribution in [0.4, 0.5) is 0 Å². The Bertz CT molecular complexity index is 1250. The molecule has 0 fully saturated rings. The predicted octanol–water partition coefficient (Wildman–Crippen LogP) is 3.94. The van der Waals surface area contributed by atoms with Gasteiger partial charge in [-0.05, 0) is 49.8 Å². The number of aryl methyl sites for hydroxylation is 3. The zero-order valence-corrected chi connectivity index (χ0v) is 19.6. The molecular formula is C24H26N6OS. The first-order valence-electron chi connectivity index (χ1n) is 10.4. The van der Waals surface area contributed by atoms with E-state index in [0.717, 1.165) is 28.1 Å². The lowest BCUT2D eigenvalue weighted by molar-refractivity contribution is -0.131. The molecule has 0 saturated carbocycles. The van der Waals surface area contributed by atoms with Crippen molar-refractivity contribution in [3.63, 3.8) is 0 Å². The Morgan fingerprint density at radius 3 is 2.59 bits per heavy atom. The second kappa shape index (κ2) is 9.48. The molecule has 4 rings (SSSR count). The van der Waals surface area contributed by atoms with Gasteiger partial charge in [-0.2, -0.15) is 4.98 Å². The van der Waals surface area contributed by atoms with Gasteiger partial charge in [0.2, 0.25) is 11.1 Å². The van der Waals surface area contributed by atoms with E-state index in [0.29, 0.717) is 24.0 Å². The molecule has 1 amide bonds. The zero-order chi connectivity index (χ0) is 22.7. The van der Waals surface area contributed by atoms with Gasteiger partial charge >= 0.3 is 0 Å². The molecule has 0 unspecified atom stereocenters. The topological polar surface area (TPSA) is 76.3 Å². The molecule has 7 nitrogen and oxygen atoms in total. The normalized spacial score (nSPS) is 11.1. The number of carbonyl (C=O) groups is 1. The molecule has 164 valence electrons. The highest BCUT2D eigenvalue weighted by Crippen LogP contribution is 2.20. The van der Waals surface area contributed by atoms with Crippen LogP contribution in [0.3, 0.4) is 0 Å². The van der Waals surface area contributed by atoms with Crippen molar-refractivity contribution in [2.75, 3.05) is 6.26 Å². The van der Waals surface area contributed by atoms with Crippen LogP contribution in [0.25, 0.3) is 5.78 Å². The Labute approximate surface area is 191 Å². The molecule has 3 aromatic heterocycles. The van der Waals surface area contributed by atoms with Crippen LogP contribution in [0, 0.1) is 20.8 Å². The largest absolute Gasteiger partial charge is 0.334 e. The molecule has 0 aliphatic heterocycles. The number of rotatable bonds is 7. The first kappa shape index (κ1) is 22.0. The molecule has 32 heavy (non-hydrogen) atoms. The molecule has 0 spiro atoms. The van der Waals surface area contributed by atoms with Crippen LogP contribution in [0.15, 0.2) is 53.9 Å². The van der Waals surface area contributed by atoms with Gasteiger partial charge in [0, 0.05) is 42.4 Å². The number of hydrogen-bond acceptors (Lipinski definition) is 6. The molecule has 0 aliphatic rings. The third kappa shape index (κ3) is 4.65. The molecule has 4 aromatic rings. The highest BCUT2D eigenvalue weighted by Gasteiger charge is 2.21. The standard InChI is InChI=1S/C24H26N6OS/c1-16-8-5-6-10-20(16)15-29(14-19-9-7-11-25-13-19)22(31)12-21-17(2)26-23-27-24(32-4)28-30(23)18(21)3/h5-11,13H,12,14-15H2,1-4H3. The van der Waals surface area contributed by atoms with E-state index in [4.69, 9.17) is 0 Å². The second-order valence-electron chi connectivity index (χ2n) is 7.79. The molecular weight excluding hydrogens is 420 g/mol. The fourth-order valence-corrected chi connectivity index (χ4v) is 4.07. The predicted molar refractivity (Wildman–Crippen MR) is 125 cm³/mol. The van der Waals surface area contributed by atoms with Crippen molar-refractivity contribution >= 4 is 23.4 Å². The third-order valence-corrected chi connectivity index (χ3v) is 6.15. The van der Waals surface area contributed by atoms with Crippen LogP contribution in [-0.2, 0) is 24.3 Å². The van der Waals surface area contributed by atoms with E-state index in [9.17, 15) is 4.79 Å². The fourth-order valence-electron chi connectivity index (χ4n) is 3.73. The second-order valence-corrected chi connectivity index (χ2v) is 8.56. The highest BCUT2D eigenvalue weighted by molar-refractivity contribution is 7.98. The summed E-state index contributed by atoms with van der Waals surface area (Å²) in [4.78, 5) is 28.7. The zero-order valence-electron chi connectivity index (χ0n) is 18.7. The number of thioether (sulfide) groups is 1. The van der Waals surface area contributed by atoms with Crippen LogP contribution >= 0.6 is 11.8 Å². The first-order chi connectivity index (χ1) is 15.5. The van der Waals surface area contributed by atoms with E-state index < -0.39 is 0 Å². The minimum atomic E-state index is 0.0367. The summed E-state index contributed by atoms with van der Waals surface area (Å²) in [5.74, 6) is 0.599. The van der Waals surface area contributed by atoms with Crippen LogP contribution in [0.5, 0.6) is 0 Å². The average Bonchev–Trinajstić information content (AvgIpc) is 3.21. The van der Waals surface area contributed by atoms with Gasteiger partial charge in [0.05, 0.1) is 6.42 Å². The fraction of sp³-hybridized carbons (Fsp3) is 0.292. The van der Waals surface area contributed by atoms with E-state index in [1.165, 1.54) is 17.3 Å². The van der Waals surface area contributed by atoms with Crippen LogP contribution in [0.1, 0.15) is 33.6 Å². The highest BCUT2D eigenvalue weighted by atomic mass is 32.2. The number of amides is 1. The van der Waals surface area contributed by atoms with Gasteiger partial charge in [0.15, 0.2) is 0 Å². The number of fused-ring (bicyclic) bond motifs is 1. The first-order valence-corrected chi connectivity index (χ1v) is 11.7. The van der Waals surface area contributed by atoms with Crippen molar-refractivity contribution < 1.29 is 4.79 Å². The summed E-state index contributed by atoms with van der Waals surface area (Å²) in [5.41, 5.74) is 5.89. The Kier molecular flexibility index (Phi) is 6.50. The summed E-state index contributed by atoms with van der Waals surface area (Å²) in [6.45, 7) is 7.00. The molecule has 0 N–H and O–H groups in total. The van der Waals surface area contributed by atoms with Crippen molar-refractivity contribution in [3.05, 3.63) is 82.4 Å². The molecule has 3 heterocycles. The lowest BCUT2D eigenvalue weighted by atomic mass is 10.1. The van der Waals surface area contributed by atoms with E-state index in [2.05, 4.69) is 39.1 Å². The molecule has 8 heteroatoms. The minimum Gasteiger partial charge on any atom is -0.334 e. The number of carbonyl (C=O) groups excluding carboxylic acids is 1. The molecule has 0 saturated heterocycles. The maximum atomic E-state index is 13.6. The van der Waals surface area contributed by atoms with E-state index in [1.807, 2.05) is 55.5 Å². The molecule has 1 aromatic carbocycles. The van der Waals surface area contributed by atoms with Crippen LogP contribution in [0.2, 0.25) is 0 Å². The smallest absolute Gasteiger partial charge is 0.253 e. The van der Waals surface area contributed by atoms with Gasteiger partial charge in [-0.25, -0.2) is 9.50 Å². The third-order valence-electron chi connectivity index (χ3n) is 5.61. The van der Waals surface area contributed by atoms with Gasteiger partial charge in [0.1, 0.15) is 0 Å². The summed E-state index contributed by atoms with van der Waals surface area (Å²) < 4.78 is 1.73. The van der Waals surface area contributed by atoms with Crippen molar-refractivity contribution in [2.24, 2.45) is 0 Å². The van der Waals surface area contributed by atoms with Gasteiger partial charge in [-0.3, -0.25) is 9.78 Å². The van der Waals surface area contributed by atoms with E-state index in [-0.39, 0.29) is 12.3 Å². The molecule has 0 radical (unpaired) electrons. The number of nitrogens with zero attached hydrogens (tertiary/aromatic N) is 6. The van der Waals surface area contributed by atoms with Crippen LogP contribution in [-0.4, -0.2) is 41.6 Å². The average molecular weight is 447 g/mol. The maximum absolute atomic E-state index is 13.6. The molecule has 0 bridgehead atoms. The summed E-state index contributed by atoms with van der Waals surface area (Å²) in [5, 5.41) is 5.17. The summed E-state index contributed by atoms with van der Waals surface area (Å²) in [6, 6.07) is 12.1. The number of aromatic nitrogens is 5. The quantitative estimate of drug-likeness (QED) is 0.400. The maximum Gasteiger partial charge on any atom is 0.253 e. The molecule has 0 aliphatic carbocycles. The van der Waals surface area contributed by atoms with Crippen molar-refractivity contribution in [2.45, 2.75) is 45.4 Å². The minimum absolute atomic E-state index is 0.0367. The number of pyridine rings is 1. The summed E-state index contributed by atoms with van der Waals surface area (Å²) >= 11 is 1.47. The number of benzene rings is 1. The molecule has 0 atom stereocenters. The van der Waals surface area contributed by atoms with Crippen molar-refractivity contribution in [1.82, 2.24) is 29.5 Å². The van der Waals surface area contributed by atoms with Gasteiger partial charge in [0.25, 0.3) is 5.78 Å². The van der Waals surface area contributed by atoms with Gasteiger partial charge in [-0.15, -0.1) is 5.10 Å². The SMILES string of the molecule is CSc1nc2nc(C)c(CC(=O)N(Cc3cccnc3)Cc3ccccc3C)c(C)n2n1. The van der Waals surface area contributed by atoms with Crippen LogP contribution < -0.4 is 0 Å². The van der Waals surface area contributed by atoms with E-state index in [1.54, 1.807) is 10.7 Å². The Morgan fingerprint density at radius 1 is 1.06 bits per heavy atom. The van der Waals surface area contributed by atoms with Gasteiger partial charge in [-0.1, -0.05) is 42.1 Å². The lowest BCUT2D eigenvalue weighted by Gasteiger charge is -2.24. The Morgan fingerprint density at radius 2 is 1.88 bits per heavy atom. The summed E-state index contributed by atoms with van der Waals surface area (Å²) in [6.07, 6.45) is 5.73. The summed E-state index contributed by atoms with van der Waals surface area (Å²) in [7, 11) is 0. The van der Waals surface area contributed by atoms with E-state index >= 15 is 0 Å². The van der Waals surface area contributed by atoms with Crippen molar-refractivity contribution in [3.8, 4) is 0 Å². The monoisotopic (exact) mass is 446 g/mol. The Balaban J connectivity index is 1.65. The number of hydrogen-bond donors (Lipinski definition) is 0. The Hall–Kier alpha value is -3.26. The van der Waals surface area contributed by atoms with Gasteiger partial charge < -0.3 is 4.90 Å². The van der Waals surface area contributed by atoms with Crippen molar-refractivity contribution in [1.29, 1.82) is 0 Å².